The zero-order chi connectivity index (χ0) is 11.9. The van der Waals surface area contributed by atoms with Crippen LogP contribution >= 0.6 is 0 Å². The van der Waals surface area contributed by atoms with Gasteiger partial charge in [0.1, 0.15) is 11.4 Å². The Bertz CT molecular complexity index is 467. The van der Waals surface area contributed by atoms with Crippen molar-refractivity contribution in [1.29, 1.82) is 0 Å². The number of rotatable bonds is 1. The molecule has 2 aliphatic rings. The summed E-state index contributed by atoms with van der Waals surface area (Å²) >= 11 is 0. The summed E-state index contributed by atoms with van der Waals surface area (Å²) in [7, 11) is 0. The third-order valence-corrected chi connectivity index (χ3v) is 3.65. The lowest BCUT2D eigenvalue weighted by Crippen LogP contribution is -2.45. The molecule has 1 fully saturated rings. The maximum Gasteiger partial charge on any atom is 0.276 e. The van der Waals surface area contributed by atoms with Crippen molar-refractivity contribution in [1.82, 2.24) is 5.32 Å². The van der Waals surface area contributed by atoms with Crippen LogP contribution in [0.15, 0.2) is 18.2 Å². The average Bonchev–Trinajstić information content (AvgIpc) is 2.66. The summed E-state index contributed by atoms with van der Waals surface area (Å²) in [5.41, 5.74) is 0.747. The van der Waals surface area contributed by atoms with Crippen molar-refractivity contribution in [2.75, 3.05) is 13.1 Å². The predicted molar refractivity (Wildman–Crippen MR) is 62.3 cm³/mol. The largest absolute Gasteiger partial charge is 0.486 e. The zero-order valence-electron chi connectivity index (χ0n) is 9.44. The molecule has 0 aromatic heterocycles. The summed E-state index contributed by atoms with van der Waals surface area (Å²) < 4.78 is 5.98. The van der Waals surface area contributed by atoms with Gasteiger partial charge in [-0.05, 0) is 32.0 Å². The standard InChI is InChI=1S/C12H14N2O3/c15-14(16)10-2-1-3-11-9(10)8-12(17-11)4-6-13-7-5-12/h1-3,13H,4-8H2. The predicted octanol–water partition coefficient (Wildman–Crippen LogP) is 1.65. The van der Waals surface area contributed by atoms with E-state index in [1.165, 1.54) is 0 Å². The fourth-order valence-corrected chi connectivity index (χ4v) is 2.75. The maximum absolute atomic E-state index is 11.0. The number of hydrogen-bond acceptors (Lipinski definition) is 4. The fraction of sp³-hybridized carbons (Fsp3) is 0.500. The minimum Gasteiger partial charge on any atom is -0.486 e. The molecule has 5 nitrogen and oxygen atoms in total. The number of nitrogens with zero attached hydrogens (tertiary/aromatic N) is 1. The Morgan fingerprint density at radius 2 is 2.12 bits per heavy atom. The Kier molecular flexibility index (Phi) is 2.29. The minimum absolute atomic E-state index is 0.193. The van der Waals surface area contributed by atoms with Crippen LogP contribution in [0.5, 0.6) is 5.75 Å². The van der Waals surface area contributed by atoms with Crippen molar-refractivity contribution in [2.24, 2.45) is 0 Å². The Labute approximate surface area is 98.9 Å². The molecule has 3 rings (SSSR count). The van der Waals surface area contributed by atoms with E-state index in [4.69, 9.17) is 4.74 Å². The lowest BCUT2D eigenvalue weighted by atomic mass is 9.87. The molecule has 0 bridgehead atoms. The number of nitro groups is 1. The number of ether oxygens (including phenoxy) is 1. The summed E-state index contributed by atoms with van der Waals surface area (Å²) in [6.07, 6.45) is 2.50. The minimum atomic E-state index is -0.317. The number of nitro benzene ring substituents is 1. The molecule has 5 heteroatoms. The Balaban J connectivity index is 1.97. The first-order valence-electron chi connectivity index (χ1n) is 5.86. The normalized spacial score (nSPS) is 20.9. The molecule has 0 amide bonds. The van der Waals surface area contributed by atoms with E-state index in [9.17, 15) is 10.1 Å². The molecule has 0 aliphatic carbocycles. The molecule has 0 atom stereocenters. The summed E-state index contributed by atoms with van der Waals surface area (Å²) in [4.78, 5) is 10.7. The fourth-order valence-electron chi connectivity index (χ4n) is 2.75. The molecular weight excluding hydrogens is 220 g/mol. The molecule has 0 saturated carbocycles. The van der Waals surface area contributed by atoms with Crippen molar-refractivity contribution in [3.05, 3.63) is 33.9 Å². The Morgan fingerprint density at radius 3 is 2.82 bits per heavy atom. The molecule has 17 heavy (non-hydrogen) atoms. The Morgan fingerprint density at radius 1 is 1.35 bits per heavy atom. The van der Waals surface area contributed by atoms with Gasteiger partial charge in [0.2, 0.25) is 0 Å². The molecule has 2 heterocycles. The summed E-state index contributed by atoms with van der Waals surface area (Å²) in [5.74, 6) is 0.695. The second kappa shape index (κ2) is 3.70. The second-order valence-electron chi connectivity index (χ2n) is 4.72. The average molecular weight is 234 g/mol. The molecule has 0 unspecified atom stereocenters. The number of nitrogens with one attached hydrogen (secondary N) is 1. The van der Waals surface area contributed by atoms with Crippen LogP contribution in [0.25, 0.3) is 0 Å². The molecular formula is C12H14N2O3. The van der Waals surface area contributed by atoms with Gasteiger partial charge in [0.25, 0.3) is 5.69 Å². The van der Waals surface area contributed by atoms with E-state index in [2.05, 4.69) is 5.32 Å². The van der Waals surface area contributed by atoms with Crippen LogP contribution in [0.1, 0.15) is 18.4 Å². The number of hydrogen-bond donors (Lipinski definition) is 1. The lowest BCUT2D eigenvalue weighted by molar-refractivity contribution is -0.385. The third kappa shape index (κ3) is 1.67. The van der Waals surface area contributed by atoms with Gasteiger partial charge in [0.05, 0.1) is 10.5 Å². The molecule has 1 aromatic rings. The van der Waals surface area contributed by atoms with Crippen LogP contribution < -0.4 is 10.1 Å². The summed E-state index contributed by atoms with van der Waals surface area (Å²) in [5, 5.41) is 14.3. The van der Waals surface area contributed by atoms with Crippen LogP contribution in [0, 0.1) is 10.1 Å². The van der Waals surface area contributed by atoms with Gasteiger partial charge in [-0.1, -0.05) is 6.07 Å². The van der Waals surface area contributed by atoms with E-state index in [0.717, 1.165) is 31.5 Å². The molecule has 2 aliphatic heterocycles. The smallest absolute Gasteiger partial charge is 0.276 e. The van der Waals surface area contributed by atoms with Gasteiger partial charge in [0.15, 0.2) is 0 Å². The van der Waals surface area contributed by atoms with E-state index in [0.29, 0.717) is 12.2 Å². The summed E-state index contributed by atoms with van der Waals surface area (Å²) in [6, 6.07) is 5.08. The molecule has 1 aromatic carbocycles. The van der Waals surface area contributed by atoms with E-state index < -0.39 is 0 Å². The maximum atomic E-state index is 11.0. The van der Waals surface area contributed by atoms with E-state index in [1.54, 1.807) is 12.1 Å². The number of fused-ring (bicyclic) bond motifs is 1. The monoisotopic (exact) mass is 234 g/mol. The number of piperidine rings is 1. The van der Waals surface area contributed by atoms with E-state index in [1.807, 2.05) is 6.07 Å². The Hall–Kier alpha value is -1.62. The zero-order valence-corrected chi connectivity index (χ0v) is 9.44. The van der Waals surface area contributed by atoms with Crippen molar-refractivity contribution in [3.8, 4) is 5.75 Å². The van der Waals surface area contributed by atoms with Gasteiger partial charge in [-0.2, -0.15) is 0 Å². The molecule has 90 valence electrons. The number of benzene rings is 1. The molecule has 1 saturated heterocycles. The van der Waals surface area contributed by atoms with Crippen molar-refractivity contribution in [2.45, 2.75) is 24.9 Å². The first-order valence-corrected chi connectivity index (χ1v) is 5.86. The van der Waals surface area contributed by atoms with Crippen LogP contribution in [0.2, 0.25) is 0 Å². The van der Waals surface area contributed by atoms with Gasteiger partial charge < -0.3 is 10.1 Å². The van der Waals surface area contributed by atoms with Gasteiger partial charge in [-0.3, -0.25) is 10.1 Å². The van der Waals surface area contributed by atoms with Gasteiger partial charge in [0, 0.05) is 12.5 Å². The van der Waals surface area contributed by atoms with Crippen molar-refractivity contribution < 1.29 is 9.66 Å². The lowest BCUT2D eigenvalue weighted by Gasteiger charge is -2.33. The topological polar surface area (TPSA) is 64.4 Å². The highest BCUT2D eigenvalue weighted by Gasteiger charge is 2.43. The van der Waals surface area contributed by atoms with Crippen molar-refractivity contribution >= 4 is 5.69 Å². The van der Waals surface area contributed by atoms with Gasteiger partial charge in [-0.15, -0.1) is 0 Å². The van der Waals surface area contributed by atoms with Gasteiger partial charge >= 0.3 is 0 Å². The molecule has 1 spiro atoms. The van der Waals surface area contributed by atoms with E-state index in [-0.39, 0.29) is 16.2 Å². The molecule has 1 N–H and O–H groups in total. The first-order chi connectivity index (χ1) is 8.20. The second-order valence-corrected chi connectivity index (χ2v) is 4.72. The van der Waals surface area contributed by atoms with Crippen LogP contribution in [-0.2, 0) is 6.42 Å². The van der Waals surface area contributed by atoms with Crippen LogP contribution in [0.4, 0.5) is 5.69 Å². The highest BCUT2D eigenvalue weighted by atomic mass is 16.6. The van der Waals surface area contributed by atoms with Crippen molar-refractivity contribution in [3.63, 3.8) is 0 Å². The highest BCUT2D eigenvalue weighted by Crippen LogP contribution is 2.43. The summed E-state index contributed by atoms with van der Waals surface area (Å²) in [6.45, 7) is 1.84. The van der Waals surface area contributed by atoms with Crippen LogP contribution in [-0.4, -0.2) is 23.6 Å². The first kappa shape index (κ1) is 10.5. The highest BCUT2D eigenvalue weighted by molar-refractivity contribution is 5.53. The third-order valence-electron chi connectivity index (χ3n) is 3.65. The van der Waals surface area contributed by atoms with E-state index >= 15 is 0 Å². The molecule has 0 radical (unpaired) electrons. The SMILES string of the molecule is O=[N+]([O-])c1cccc2c1CC1(CCNCC1)O2. The van der Waals surface area contributed by atoms with Crippen LogP contribution in [0.3, 0.4) is 0 Å². The quantitative estimate of drug-likeness (QED) is 0.592. The van der Waals surface area contributed by atoms with Gasteiger partial charge in [-0.25, -0.2) is 0 Å².